The van der Waals surface area contributed by atoms with Crippen LogP contribution < -0.4 is 11.2 Å². The summed E-state index contributed by atoms with van der Waals surface area (Å²) >= 11 is 7.14. The highest BCUT2D eigenvalue weighted by molar-refractivity contribution is 7.99. The van der Waals surface area contributed by atoms with Crippen LogP contribution in [0.4, 0.5) is 5.69 Å². The molecule has 0 aliphatic carbocycles. The molecule has 2 aromatic carbocycles. The van der Waals surface area contributed by atoms with Crippen LogP contribution in [0.1, 0.15) is 5.56 Å². The van der Waals surface area contributed by atoms with Gasteiger partial charge in [0.25, 0.3) is 0 Å². The number of thioether (sulfide) groups is 1. The molecule has 0 radical (unpaired) electrons. The number of aromatic amines is 1. The second-order valence-electron chi connectivity index (χ2n) is 6.50. The average Bonchev–Trinajstić information content (AvgIpc) is 3.35. The van der Waals surface area contributed by atoms with E-state index < -0.39 is 0 Å². The van der Waals surface area contributed by atoms with Crippen LogP contribution in [-0.4, -0.2) is 36.7 Å². The number of hydrogen-bond acceptors (Lipinski definition) is 6. The quantitative estimate of drug-likeness (QED) is 0.311. The minimum absolute atomic E-state index is 0.148. The number of nitrogen functional groups attached to an aromatic ring is 1. The molecule has 152 valence electrons. The number of nitrogens with one attached hydrogen (secondary N) is 2. The summed E-state index contributed by atoms with van der Waals surface area (Å²) in [7, 11) is 0. The number of anilines is 1. The topological polar surface area (TPSA) is 115 Å². The first-order valence-corrected chi connectivity index (χ1v) is 10.4. The number of nitrogens with two attached hydrogens (primary N) is 1. The van der Waals surface area contributed by atoms with E-state index in [0.717, 1.165) is 22.5 Å². The first-order valence-electron chi connectivity index (χ1n) is 9.02. The van der Waals surface area contributed by atoms with E-state index in [-0.39, 0.29) is 11.7 Å². The number of benzene rings is 2. The van der Waals surface area contributed by atoms with Crippen molar-refractivity contribution in [2.24, 2.45) is 0 Å². The maximum atomic E-state index is 12.3. The summed E-state index contributed by atoms with van der Waals surface area (Å²) in [6, 6.07) is 16.8. The summed E-state index contributed by atoms with van der Waals surface area (Å²) < 4.78 is 1.34. The third-order valence-corrected chi connectivity index (χ3v) is 5.57. The van der Waals surface area contributed by atoms with Crippen LogP contribution in [-0.2, 0) is 4.79 Å². The van der Waals surface area contributed by atoms with E-state index in [1.54, 1.807) is 12.1 Å². The van der Waals surface area contributed by atoms with Gasteiger partial charge in [-0.25, -0.2) is 4.68 Å². The predicted molar refractivity (Wildman–Crippen MR) is 119 cm³/mol. The van der Waals surface area contributed by atoms with E-state index >= 15 is 0 Å². The van der Waals surface area contributed by atoms with Crippen molar-refractivity contribution in [3.8, 4) is 22.8 Å². The molecule has 0 saturated carbocycles. The number of carbonyl (C=O) groups is 1. The fourth-order valence-electron chi connectivity index (χ4n) is 2.79. The standard InChI is InChI=1S/C20H18ClN7OS/c1-12-4-2-3-5-15(12)23-18(29)11-30-20-27-26-19(28(20)22)17-10-16(24-25-17)13-6-8-14(21)9-7-13/h2-10H,11,22H2,1H3,(H,23,29)(H,24,25). The molecule has 0 bridgehead atoms. The molecule has 4 N–H and O–H groups in total. The van der Waals surface area contributed by atoms with Crippen LogP contribution in [0.2, 0.25) is 5.02 Å². The van der Waals surface area contributed by atoms with Crippen LogP contribution >= 0.6 is 23.4 Å². The highest BCUT2D eigenvalue weighted by atomic mass is 35.5. The van der Waals surface area contributed by atoms with Crippen LogP contribution in [0.25, 0.3) is 22.8 Å². The van der Waals surface area contributed by atoms with Gasteiger partial charge in [-0.15, -0.1) is 10.2 Å². The Labute approximate surface area is 181 Å². The monoisotopic (exact) mass is 439 g/mol. The maximum Gasteiger partial charge on any atom is 0.234 e. The Morgan fingerprint density at radius 2 is 1.97 bits per heavy atom. The van der Waals surface area contributed by atoms with Gasteiger partial charge in [0.1, 0.15) is 5.69 Å². The minimum Gasteiger partial charge on any atom is -0.335 e. The Balaban J connectivity index is 1.43. The fourth-order valence-corrected chi connectivity index (χ4v) is 3.58. The van der Waals surface area contributed by atoms with Crippen LogP contribution in [0, 0.1) is 6.92 Å². The number of aryl methyl sites for hydroxylation is 1. The third kappa shape index (κ3) is 4.32. The van der Waals surface area contributed by atoms with Crippen LogP contribution in [0.3, 0.4) is 0 Å². The number of amides is 1. The normalized spacial score (nSPS) is 10.9. The molecule has 0 fully saturated rings. The van der Waals surface area contributed by atoms with Crippen molar-refractivity contribution in [2.45, 2.75) is 12.1 Å². The molecule has 30 heavy (non-hydrogen) atoms. The molecule has 0 aliphatic rings. The molecular formula is C20H18ClN7OS. The van der Waals surface area contributed by atoms with Gasteiger partial charge >= 0.3 is 0 Å². The minimum atomic E-state index is -0.148. The Hall–Kier alpha value is -3.30. The summed E-state index contributed by atoms with van der Waals surface area (Å²) in [5.74, 6) is 6.57. The SMILES string of the molecule is Cc1ccccc1NC(=O)CSc1nnc(-c2cc(-c3ccc(Cl)cc3)n[nH]2)n1N. The lowest BCUT2D eigenvalue weighted by atomic mass is 10.1. The van der Waals surface area contributed by atoms with Gasteiger partial charge in [0, 0.05) is 16.3 Å². The van der Waals surface area contributed by atoms with Gasteiger partial charge in [-0.1, -0.05) is 53.7 Å². The Morgan fingerprint density at radius 3 is 2.73 bits per heavy atom. The fraction of sp³-hybridized carbons (Fsp3) is 0.100. The van der Waals surface area contributed by atoms with Crippen molar-refractivity contribution in [3.05, 3.63) is 65.2 Å². The molecule has 0 atom stereocenters. The zero-order valence-electron chi connectivity index (χ0n) is 16.0. The lowest BCUT2D eigenvalue weighted by Gasteiger charge is -2.07. The molecule has 4 aromatic rings. The summed E-state index contributed by atoms with van der Waals surface area (Å²) in [6.07, 6.45) is 0. The Kier molecular flexibility index (Phi) is 5.73. The van der Waals surface area contributed by atoms with Gasteiger partial charge in [-0.3, -0.25) is 9.89 Å². The first-order chi connectivity index (χ1) is 14.5. The van der Waals surface area contributed by atoms with Crippen molar-refractivity contribution in [1.29, 1.82) is 0 Å². The summed E-state index contributed by atoms with van der Waals surface area (Å²) in [5, 5.41) is 19.4. The zero-order valence-corrected chi connectivity index (χ0v) is 17.5. The molecule has 0 aliphatic heterocycles. The number of H-pyrrole nitrogens is 1. The zero-order chi connectivity index (χ0) is 21.1. The number of hydrogen-bond donors (Lipinski definition) is 3. The third-order valence-electron chi connectivity index (χ3n) is 4.37. The summed E-state index contributed by atoms with van der Waals surface area (Å²) in [6.45, 7) is 1.94. The highest BCUT2D eigenvalue weighted by Crippen LogP contribution is 2.25. The number of carbonyl (C=O) groups excluding carboxylic acids is 1. The molecule has 0 saturated heterocycles. The summed E-state index contributed by atoms with van der Waals surface area (Å²) in [5.41, 5.74) is 4.04. The van der Waals surface area contributed by atoms with Crippen LogP contribution in [0.5, 0.6) is 0 Å². The second kappa shape index (κ2) is 8.60. The second-order valence-corrected chi connectivity index (χ2v) is 7.88. The van der Waals surface area contributed by atoms with E-state index in [1.807, 2.05) is 49.4 Å². The molecule has 2 aromatic heterocycles. The van der Waals surface area contributed by atoms with Crippen molar-refractivity contribution in [3.63, 3.8) is 0 Å². The van der Waals surface area contributed by atoms with Gasteiger partial charge in [0.2, 0.25) is 16.9 Å². The molecular weight excluding hydrogens is 422 g/mol. The molecule has 1 amide bonds. The number of para-hydroxylation sites is 1. The van der Waals surface area contributed by atoms with E-state index in [4.69, 9.17) is 17.4 Å². The lowest BCUT2D eigenvalue weighted by Crippen LogP contribution is -2.17. The smallest absolute Gasteiger partial charge is 0.234 e. The number of nitrogens with zero attached hydrogens (tertiary/aromatic N) is 4. The number of rotatable bonds is 6. The largest absolute Gasteiger partial charge is 0.335 e. The van der Waals surface area contributed by atoms with E-state index in [2.05, 4.69) is 25.7 Å². The van der Waals surface area contributed by atoms with E-state index in [9.17, 15) is 4.79 Å². The van der Waals surface area contributed by atoms with Gasteiger partial charge in [0.15, 0.2) is 0 Å². The number of aromatic nitrogens is 5. The Bertz CT molecular complexity index is 1190. The highest BCUT2D eigenvalue weighted by Gasteiger charge is 2.16. The van der Waals surface area contributed by atoms with E-state index in [1.165, 1.54) is 16.4 Å². The Morgan fingerprint density at radius 1 is 1.20 bits per heavy atom. The van der Waals surface area contributed by atoms with Gasteiger partial charge in [0.05, 0.1) is 11.4 Å². The van der Waals surface area contributed by atoms with Crippen molar-refractivity contribution < 1.29 is 4.79 Å². The maximum absolute atomic E-state index is 12.3. The molecule has 2 heterocycles. The molecule has 8 nitrogen and oxygen atoms in total. The van der Waals surface area contributed by atoms with Gasteiger partial charge in [-0.2, -0.15) is 5.10 Å². The molecule has 0 unspecified atom stereocenters. The summed E-state index contributed by atoms with van der Waals surface area (Å²) in [4.78, 5) is 12.3. The van der Waals surface area contributed by atoms with Crippen molar-refractivity contribution >= 4 is 35.0 Å². The lowest BCUT2D eigenvalue weighted by molar-refractivity contribution is -0.113. The predicted octanol–water partition coefficient (Wildman–Crippen LogP) is 3.74. The van der Waals surface area contributed by atoms with Gasteiger partial charge in [-0.05, 0) is 36.8 Å². The first kappa shape index (κ1) is 20.0. The van der Waals surface area contributed by atoms with Crippen LogP contribution in [0.15, 0.2) is 59.8 Å². The molecule has 4 rings (SSSR count). The average molecular weight is 440 g/mol. The molecule has 0 spiro atoms. The van der Waals surface area contributed by atoms with E-state index in [0.29, 0.717) is 21.7 Å². The van der Waals surface area contributed by atoms with Crippen molar-refractivity contribution in [2.75, 3.05) is 16.9 Å². The molecule has 10 heteroatoms. The van der Waals surface area contributed by atoms with Gasteiger partial charge < -0.3 is 11.2 Å². The number of halogens is 1. The van der Waals surface area contributed by atoms with Crippen molar-refractivity contribution in [1.82, 2.24) is 25.1 Å².